The lowest BCUT2D eigenvalue weighted by atomic mass is 10.0. The Morgan fingerprint density at radius 2 is 0.554 bits per heavy atom. The molecule has 0 aromatic carbocycles. The molecule has 83 heavy (non-hydrogen) atoms. The summed E-state index contributed by atoms with van der Waals surface area (Å²) < 4.78 is 67.8. The molecule has 0 bridgehead atoms. The fourth-order valence-electron chi connectivity index (χ4n) is 9.58. The molecule has 17 nitrogen and oxygen atoms in total. The lowest BCUT2D eigenvalue weighted by Gasteiger charge is -2.21. The van der Waals surface area contributed by atoms with Crippen molar-refractivity contribution in [2.24, 2.45) is 5.92 Å². The third-order valence-corrected chi connectivity index (χ3v) is 16.7. The van der Waals surface area contributed by atoms with E-state index in [0.29, 0.717) is 25.7 Å². The molecule has 0 radical (unpaired) electrons. The molecule has 492 valence electrons. The quantitative estimate of drug-likeness (QED) is 0.0222. The predicted molar refractivity (Wildman–Crippen MR) is 331 cm³/mol. The monoisotopic (exact) mass is 1230 g/mol. The Balaban J connectivity index is 5.16. The van der Waals surface area contributed by atoms with E-state index in [4.69, 9.17) is 37.0 Å². The number of esters is 4. The molecule has 19 heteroatoms. The fraction of sp³-hybridized carbons (Fsp3) is 0.938. The minimum absolute atomic E-state index is 0.103. The van der Waals surface area contributed by atoms with E-state index >= 15 is 0 Å². The molecule has 0 aromatic heterocycles. The molecular weight excluding hydrogens is 1100 g/mol. The zero-order valence-electron chi connectivity index (χ0n) is 53.3. The molecule has 0 fully saturated rings. The zero-order chi connectivity index (χ0) is 61.3. The third kappa shape index (κ3) is 58.8. The highest BCUT2D eigenvalue weighted by atomic mass is 31.2. The van der Waals surface area contributed by atoms with Crippen molar-refractivity contribution in [2.45, 2.75) is 342 Å². The number of aliphatic hydroxyl groups excluding tert-OH is 1. The summed E-state index contributed by atoms with van der Waals surface area (Å²) in [7, 11) is -9.88. The standard InChI is InChI=1S/C64H124O17P2/c1-6-9-12-15-18-19-20-26-29-34-38-43-48-62(67)75-54-60(81-64(69)50-45-40-35-30-27-24-22-21-23-25-28-33-36-41-46-57(4)5)56-79-83(72,73)77-52-58(65)51-76-82(70,71)78-55-59(80-63(68)49-44-39-32-17-14-11-8-3)53-74-61(66)47-42-37-31-16-13-10-7-2/h57-60,65H,6-56H2,1-5H3,(H,70,71)(H,72,73)/t58-,59+,60+/m0/s1. The van der Waals surface area contributed by atoms with Gasteiger partial charge in [-0.25, -0.2) is 9.13 Å². The number of unbranched alkanes of at least 4 members (excludes halogenated alkanes) is 36. The van der Waals surface area contributed by atoms with Crippen LogP contribution in [0.25, 0.3) is 0 Å². The van der Waals surface area contributed by atoms with Crippen molar-refractivity contribution in [3.05, 3.63) is 0 Å². The van der Waals surface area contributed by atoms with Gasteiger partial charge in [-0.15, -0.1) is 0 Å². The Morgan fingerprint density at radius 1 is 0.325 bits per heavy atom. The fourth-order valence-corrected chi connectivity index (χ4v) is 11.2. The van der Waals surface area contributed by atoms with Gasteiger partial charge in [0.05, 0.1) is 26.4 Å². The number of aliphatic hydroxyl groups is 1. The maximum absolute atomic E-state index is 13.0. The molecular formula is C64H124O17P2. The minimum Gasteiger partial charge on any atom is -0.462 e. The van der Waals surface area contributed by atoms with Crippen LogP contribution in [0.2, 0.25) is 0 Å². The van der Waals surface area contributed by atoms with E-state index in [2.05, 4.69) is 34.6 Å². The van der Waals surface area contributed by atoms with E-state index in [-0.39, 0.29) is 25.7 Å². The van der Waals surface area contributed by atoms with Crippen molar-refractivity contribution >= 4 is 39.5 Å². The Bertz CT molecular complexity index is 1620. The first-order valence-electron chi connectivity index (χ1n) is 33.6. The topological polar surface area (TPSA) is 237 Å². The van der Waals surface area contributed by atoms with Gasteiger partial charge in [-0.2, -0.15) is 0 Å². The normalized spacial score (nSPS) is 14.2. The molecule has 0 aliphatic heterocycles. The summed E-state index contributed by atoms with van der Waals surface area (Å²) in [6, 6.07) is 0. The van der Waals surface area contributed by atoms with E-state index in [1.54, 1.807) is 0 Å². The van der Waals surface area contributed by atoms with Crippen LogP contribution in [0.1, 0.15) is 324 Å². The summed E-state index contributed by atoms with van der Waals surface area (Å²) in [6.45, 7) is 7.14. The average Bonchev–Trinajstić information content (AvgIpc) is 3.46. The molecule has 0 spiro atoms. The summed E-state index contributed by atoms with van der Waals surface area (Å²) in [4.78, 5) is 72.0. The van der Waals surface area contributed by atoms with Crippen molar-refractivity contribution in [1.82, 2.24) is 0 Å². The minimum atomic E-state index is -4.94. The van der Waals surface area contributed by atoms with Crippen LogP contribution in [-0.4, -0.2) is 96.7 Å². The second kappa shape index (κ2) is 57.8. The smallest absolute Gasteiger partial charge is 0.462 e. The number of rotatable bonds is 64. The van der Waals surface area contributed by atoms with Crippen molar-refractivity contribution in [1.29, 1.82) is 0 Å². The summed E-state index contributed by atoms with van der Waals surface area (Å²) in [5.41, 5.74) is 0. The van der Waals surface area contributed by atoms with Gasteiger partial charge in [0.2, 0.25) is 0 Å². The van der Waals surface area contributed by atoms with Gasteiger partial charge in [0.15, 0.2) is 12.2 Å². The highest BCUT2D eigenvalue weighted by molar-refractivity contribution is 7.47. The lowest BCUT2D eigenvalue weighted by molar-refractivity contribution is -0.161. The molecule has 0 rings (SSSR count). The Hall–Kier alpha value is -1.94. The van der Waals surface area contributed by atoms with Crippen LogP contribution < -0.4 is 0 Å². The molecule has 0 aromatic rings. The van der Waals surface area contributed by atoms with Crippen LogP contribution in [0.3, 0.4) is 0 Å². The van der Waals surface area contributed by atoms with E-state index in [0.717, 1.165) is 121 Å². The number of hydrogen-bond acceptors (Lipinski definition) is 15. The number of hydrogen-bond donors (Lipinski definition) is 3. The van der Waals surface area contributed by atoms with Crippen molar-refractivity contribution < 1.29 is 80.2 Å². The van der Waals surface area contributed by atoms with Crippen LogP contribution in [0.15, 0.2) is 0 Å². The largest absolute Gasteiger partial charge is 0.472 e. The molecule has 5 atom stereocenters. The second-order valence-corrected chi connectivity index (χ2v) is 26.5. The highest BCUT2D eigenvalue weighted by Gasteiger charge is 2.30. The summed E-state index contributed by atoms with van der Waals surface area (Å²) in [5.74, 6) is -1.34. The zero-order valence-corrected chi connectivity index (χ0v) is 55.1. The van der Waals surface area contributed by atoms with Crippen molar-refractivity contribution in [3.8, 4) is 0 Å². The number of carbonyl (C=O) groups is 4. The van der Waals surface area contributed by atoms with Crippen LogP contribution in [0, 0.1) is 5.92 Å². The Kier molecular flexibility index (Phi) is 56.4. The van der Waals surface area contributed by atoms with Gasteiger partial charge < -0.3 is 33.8 Å². The van der Waals surface area contributed by atoms with Gasteiger partial charge in [-0.3, -0.25) is 37.3 Å². The first-order valence-corrected chi connectivity index (χ1v) is 36.6. The first kappa shape index (κ1) is 81.1. The Labute approximate surface area is 505 Å². The third-order valence-electron chi connectivity index (χ3n) is 14.8. The van der Waals surface area contributed by atoms with Gasteiger partial charge in [0.25, 0.3) is 0 Å². The summed E-state index contributed by atoms with van der Waals surface area (Å²) in [6.07, 6.45) is 41.9. The van der Waals surface area contributed by atoms with E-state index in [1.807, 2.05) is 0 Å². The van der Waals surface area contributed by atoms with Gasteiger partial charge in [0.1, 0.15) is 19.3 Å². The summed E-state index contributed by atoms with van der Waals surface area (Å²) >= 11 is 0. The van der Waals surface area contributed by atoms with Gasteiger partial charge >= 0.3 is 39.5 Å². The average molecular weight is 1230 g/mol. The van der Waals surface area contributed by atoms with Crippen LogP contribution >= 0.6 is 15.6 Å². The van der Waals surface area contributed by atoms with Crippen LogP contribution in [-0.2, 0) is 65.4 Å². The second-order valence-electron chi connectivity index (χ2n) is 23.6. The van der Waals surface area contributed by atoms with Crippen molar-refractivity contribution in [2.75, 3.05) is 39.6 Å². The number of phosphoric acid groups is 2. The number of ether oxygens (including phenoxy) is 4. The molecule has 0 amide bonds. The van der Waals surface area contributed by atoms with E-state index < -0.39 is 97.5 Å². The summed E-state index contributed by atoms with van der Waals surface area (Å²) in [5, 5.41) is 10.5. The highest BCUT2D eigenvalue weighted by Crippen LogP contribution is 2.45. The Morgan fingerprint density at radius 3 is 0.819 bits per heavy atom. The molecule has 0 saturated heterocycles. The van der Waals surface area contributed by atoms with Gasteiger partial charge in [-0.1, -0.05) is 272 Å². The molecule has 3 N–H and O–H groups in total. The molecule has 0 saturated carbocycles. The molecule has 0 aliphatic carbocycles. The van der Waals surface area contributed by atoms with Gasteiger partial charge in [-0.05, 0) is 31.6 Å². The predicted octanol–water partition coefficient (Wildman–Crippen LogP) is 17.8. The SMILES string of the molecule is CCCCCCCCCCCCCCC(=O)OC[C@H](COP(=O)(O)OC[C@@H](O)COP(=O)(O)OC[C@@H](COC(=O)CCCCCCCCC)OC(=O)CCCCCCCCC)OC(=O)CCCCCCCCCCCCCCCCC(C)C. The lowest BCUT2D eigenvalue weighted by Crippen LogP contribution is -2.30. The molecule has 0 heterocycles. The first-order chi connectivity index (χ1) is 40.0. The molecule has 2 unspecified atom stereocenters. The van der Waals surface area contributed by atoms with Crippen LogP contribution in [0.5, 0.6) is 0 Å². The maximum Gasteiger partial charge on any atom is 0.472 e. The van der Waals surface area contributed by atoms with E-state index in [1.165, 1.54) is 122 Å². The van der Waals surface area contributed by atoms with E-state index in [9.17, 15) is 43.2 Å². The number of phosphoric ester groups is 2. The van der Waals surface area contributed by atoms with Gasteiger partial charge in [0, 0.05) is 25.7 Å². The number of carbonyl (C=O) groups excluding carboxylic acids is 4. The molecule has 0 aliphatic rings. The van der Waals surface area contributed by atoms with Crippen molar-refractivity contribution in [3.63, 3.8) is 0 Å². The maximum atomic E-state index is 13.0. The van der Waals surface area contributed by atoms with Crippen LogP contribution in [0.4, 0.5) is 0 Å².